The maximum absolute atomic E-state index is 12.8. The van der Waals surface area contributed by atoms with Gasteiger partial charge < -0.3 is 15.3 Å². The Morgan fingerprint density at radius 3 is 2.50 bits per heavy atom. The molecule has 28 heavy (non-hydrogen) atoms. The Balaban J connectivity index is 1.53. The van der Waals surface area contributed by atoms with Gasteiger partial charge in [0.15, 0.2) is 0 Å². The highest BCUT2D eigenvalue weighted by Crippen LogP contribution is 2.33. The lowest BCUT2D eigenvalue weighted by Gasteiger charge is -2.43. The SMILES string of the molecule is CCN(CC(=O)O)C1CC(NC(=O)N2CCCC2c2ccc(C(C)C)cc2)C1. The predicted molar refractivity (Wildman–Crippen MR) is 109 cm³/mol. The van der Waals surface area contributed by atoms with Gasteiger partial charge in [-0.2, -0.15) is 0 Å². The van der Waals surface area contributed by atoms with E-state index in [2.05, 4.69) is 43.4 Å². The zero-order valence-corrected chi connectivity index (χ0v) is 17.2. The van der Waals surface area contributed by atoms with Crippen LogP contribution < -0.4 is 5.32 Å². The summed E-state index contributed by atoms with van der Waals surface area (Å²) in [6.07, 6.45) is 3.69. The molecule has 3 rings (SSSR count). The molecule has 2 aliphatic rings. The molecule has 1 aromatic carbocycles. The van der Waals surface area contributed by atoms with Gasteiger partial charge >= 0.3 is 12.0 Å². The van der Waals surface area contributed by atoms with Crippen LogP contribution in [0.2, 0.25) is 0 Å². The van der Waals surface area contributed by atoms with E-state index in [1.54, 1.807) is 0 Å². The Morgan fingerprint density at radius 2 is 1.93 bits per heavy atom. The van der Waals surface area contributed by atoms with Crippen LogP contribution in [0.3, 0.4) is 0 Å². The summed E-state index contributed by atoms with van der Waals surface area (Å²) in [6, 6.07) is 9.23. The van der Waals surface area contributed by atoms with Gasteiger partial charge in [0.25, 0.3) is 0 Å². The van der Waals surface area contributed by atoms with Gasteiger partial charge in [-0.05, 0) is 49.3 Å². The van der Waals surface area contributed by atoms with Gasteiger partial charge in [0.05, 0.1) is 12.6 Å². The summed E-state index contributed by atoms with van der Waals surface area (Å²) >= 11 is 0. The Labute approximate surface area is 167 Å². The molecule has 0 spiro atoms. The minimum Gasteiger partial charge on any atom is -0.480 e. The summed E-state index contributed by atoms with van der Waals surface area (Å²) in [7, 11) is 0. The van der Waals surface area contributed by atoms with Crippen LogP contribution in [-0.2, 0) is 4.79 Å². The fourth-order valence-electron chi connectivity index (χ4n) is 4.39. The van der Waals surface area contributed by atoms with Crippen LogP contribution >= 0.6 is 0 Å². The molecule has 6 heteroatoms. The summed E-state index contributed by atoms with van der Waals surface area (Å²) in [5, 5.41) is 12.2. The number of hydrogen-bond donors (Lipinski definition) is 2. The molecule has 1 aromatic rings. The first-order chi connectivity index (χ1) is 13.4. The van der Waals surface area contributed by atoms with E-state index in [9.17, 15) is 9.59 Å². The van der Waals surface area contributed by atoms with E-state index in [4.69, 9.17) is 5.11 Å². The molecule has 2 N–H and O–H groups in total. The van der Waals surface area contributed by atoms with Crippen LogP contribution in [0.15, 0.2) is 24.3 Å². The number of nitrogens with one attached hydrogen (secondary N) is 1. The number of likely N-dealkylation sites (tertiary alicyclic amines) is 1. The molecule has 0 aromatic heterocycles. The Kier molecular flexibility index (Phi) is 6.60. The Hall–Kier alpha value is -2.08. The van der Waals surface area contributed by atoms with Crippen molar-refractivity contribution in [2.45, 2.75) is 70.5 Å². The minimum atomic E-state index is -0.794. The van der Waals surface area contributed by atoms with E-state index in [0.29, 0.717) is 5.92 Å². The number of hydrogen-bond acceptors (Lipinski definition) is 3. The molecule has 1 atom stereocenters. The van der Waals surface area contributed by atoms with Crippen molar-refractivity contribution in [3.63, 3.8) is 0 Å². The van der Waals surface area contributed by atoms with Crippen molar-refractivity contribution in [3.05, 3.63) is 35.4 Å². The predicted octanol–water partition coefficient (Wildman–Crippen LogP) is 3.59. The van der Waals surface area contributed by atoms with E-state index >= 15 is 0 Å². The number of amides is 2. The van der Waals surface area contributed by atoms with Crippen molar-refractivity contribution in [3.8, 4) is 0 Å². The molecule has 0 radical (unpaired) electrons. The van der Waals surface area contributed by atoms with Crippen molar-refractivity contribution in [2.24, 2.45) is 0 Å². The lowest BCUT2D eigenvalue weighted by Crippen LogP contribution is -2.56. The highest BCUT2D eigenvalue weighted by molar-refractivity contribution is 5.75. The topological polar surface area (TPSA) is 72.9 Å². The van der Waals surface area contributed by atoms with E-state index in [-0.39, 0.29) is 30.7 Å². The van der Waals surface area contributed by atoms with Crippen molar-refractivity contribution >= 4 is 12.0 Å². The van der Waals surface area contributed by atoms with Crippen molar-refractivity contribution in [2.75, 3.05) is 19.6 Å². The average molecular weight is 388 g/mol. The monoisotopic (exact) mass is 387 g/mol. The second-order valence-electron chi connectivity index (χ2n) is 8.40. The van der Waals surface area contributed by atoms with Crippen LogP contribution in [0.1, 0.15) is 69.5 Å². The van der Waals surface area contributed by atoms with Crippen molar-refractivity contribution in [1.29, 1.82) is 0 Å². The molecule has 0 bridgehead atoms. The second kappa shape index (κ2) is 8.95. The zero-order valence-electron chi connectivity index (χ0n) is 17.2. The first-order valence-corrected chi connectivity index (χ1v) is 10.5. The minimum absolute atomic E-state index is 0.0140. The third-order valence-electron chi connectivity index (χ3n) is 6.20. The van der Waals surface area contributed by atoms with Crippen LogP contribution in [0.4, 0.5) is 4.79 Å². The summed E-state index contributed by atoms with van der Waals surface area (Å²) in [5.41, 5.74) is 2.53. The number of benzene rings is 1. The lowest BCUT2D eigenvalue weighted by atomic mass is 9.85. The molecular formula is C22H33N3O3. The first-order valence-electron chi connectivity index (χ1n) is 10.5. The zero-order chi connectivity index (χ0) is 20.3. The van der Waals surface area contributed by atoms with E-state index in [1.165, 1.54) is 11.1 Å². The molecule has 1 aliphatic heterocycles. The Morgan fingerprint density at radius 1 is 1.25 bits per heavy atom. The summed E-state index contributed by atoms with van der Waals surface area (Å²) in [6.45, 7) is 7.94. The number of rotatable bonds is 7. The summed E-state index contributed by atoms with van der Waals surface area (Å²) in [5.74, 6) is -0.287. The number of aliphatic carboxylic acids is 1. The molecule has 2 fully saturated rings. The van der Waals surface area contributed by atoms with Crippen molar-refractivity contribution in [1.82, 2.24) is 15.1 Å². The normalized spacial score (nSPS) is 24.5. The molecule has 1 saturated heterocycles. The maximum Gasteiger partial charge on any atom is 0.318 e. The summed E-state index contributed by atoms with van der Waals surface area (Å²) < 4.78 is 0. The smallest absolute Gasteiger partial charge is 0.318 e. The van der Waals surface area contributed by atoms with Crippen molar-refractivity contribution < 1.29 is 14.7 Å². The largest absolute Gasteiger partial charge is 0.480 e. The number of nitrogens with zero attached hydrogens (tertiary/aromatic N) is 2. The highest BCUT2D eigenvalue weighted by Gasteiger charge is 2.37. The molecule has 6 nitrogen and oxygen atoms in total. The Bertz CT molecular complexity index is 683. The second-order valence-corrected chi connectivity index (χ2v) is 8.40. The first kappa shape index (κ1) is 20.6. The molecule has 1 saturated carbocycles. The third-order valence-corrected chi connectivity index (χ3v) is 6.20. The van der Waals surface area contributed by atoms with Crippen LogP contribution in [0.25, 0.3) is 0 Å². The molecule has 2 amide bonds. The number of carbonyl (C=O) groups excluding carboxylic acids is 1. The van der Waals surface area contributed by atoms with Crippen LogP contribution in [-0.4, -0.2) is 58.6 Å². The molecule has 154 valence electrons. The highest BCUT2D eigenvalue weighted by atomic mass is 16.4. The van der Waals surface area contributed by atoms with Crippen LogP contribution in [0.5, 0.6) is 0 Å². The van der Waals surface area contributed by atoms with Gasteiger partial charge in [0.1, 0.15) is 0 Å². The van der Waals surface area contributed by atoms with E-state index < -0.39 is 5.97 Å². The van der Waals surface area contributed by atoms with E-state index in [1.807, 2.05) is 16.7 Å². The maximum atomic E-state index is 12.8. The standard InChI is InChI=1S/C22H33N3O3/c1-4-24(14-21(26)27)19-12-18(13-19)23-22(28)25-11-5-6-20(25)17-9-7-16(8-10-17)15(2)3/h7-10,15,18-20H,4-6,11-14H2,1-3H3,(H,23,28)(H,26,27). The molecule has 1 heterocycles. The molecular weight excluding hydrogens is 354 g/mol. The van der Waals surface area contributed by atoms with Gasteiger partial charge in [-0.1, -0.05) is 45.0 Å². The fourth-order valence-corrected chi connectivity index (χ4v) is 4.39. The summed E-state index contributed by atoms with van der Waals surface area (Å²) in [4.78, 5) is 27.7. The van der Waals surface area contributed by atoms with Gasteiger partial charge in [-0.15, -0.1) is 0 Å². The number of urea groups is 1. The number of carbonyl (C=O) groups is 2. The van der Waals surface area contributed by atoms with Gasteiger partial charge in [-0.3, -0.25) is 9.69 Å². The molecule has 1 aliphatic carbocycles. The fraction of sp³-hybridized carbons (Fsp3) is 0.636. The third kappa shape index (κ3) is 4.66. The lowest BCUT2D eigenvalue weighted by molar-refractivity contribution is -0.139. The van der Waals surface area contributed by atoms with Crippen LogP contribution in [0, 0.1) is 0 Å². The number of carboxylic acid groups (broad SMARTS) is 1. The average Bonchev–Trinajstić information content (AvgIpc) is 3.12. The quantitative estimate of drug-likeness (QED) is 0.750. The van der Waals surface area contributed by atoms with E-state index in [0.717, 1.165) is 38.8 Å². The number of carboxylic acids is 1. The van der Waals surface area contributed by atoms with Gasteiger partial charge in [-0.25, -0.2) is 4.79 Å². The van der Waals surface area contributed by atoms with Gasteiger partial charge in [0.2, 0.25) is 0 Å². The van der Waals surface area contributed by atoms with Gasteiger partial charge in [0, 0.05) is 18.6 Å². The number of likely N-dealkylation sites (N-methyl/N-ethyl adjacent to an activating group) is 1. The molecule has 1 unspecified atom stereocenters.